The van der Waals surface area contributed by atoms with E-state index in [9.17, 15) is 9.59 Å². The molecule has 1 amide bonds. The molecule has 0 saturated carbocycles. The maximum atomic E-state index is 11.8. The maximum absolute atomic E-state index is 11.8. The minimum atomic E-state index is -0.644. The first-order valence-electron chi connectivity index (χ1n) is 7.23. The Kier molecular flexibility index (Phi) is 6.45. The van der Waals surface area contributed by atoms with E-state index in [-0.39, 0.29) is 17.9 Å². The minimum absolute atomic E-state index is 0.233. The molecule has 0 bridgehead atoms. The predicted molar refractivity (Wildman–Crippen MR) is 91.1 cm³/mol. The lowest BCUT2D eigenvalue weighted by molar-refractivity contribution is -0.124. The summed E-state index contributed by atoms with van der Waals surface area (Å²) in [5.41, 5.74) is 6.12. The van der Waals surface area contributed by atoms with Crippen LogP contribution >= 0.6 is 11.6 Å². The van der Waals surface area contributed by atoms with Gasteiger partial charge in [-0.3, -0.25) is 4.79 Å². The molecule has 0 fully saturated rings. The molecule has 3 N–H and O–H groups in total. The number of anilines is 1. The molecule has 0 aliphatic carbocycles. The summed E-state index contributed by atoms with van der Waals surface area (Å²) in [6, 6.07) is 13.6. The SMILES string of the molecule is Nc1cc(C(=O)OCC(=O)NCCOc2ccccc2)ccc1Cl. The first kappa shape index (κ1) is 17.6. The first-order valence-corrected chi connectivity index (χ1v) is 7.61. The molecule has 0 spiro atoms. The van der Waals surface area contributed by atoms with Crippen molar-refractivity contribution >= 4 is 29.2 Å². The third kappa shape index (κ3) is 5.48. The van der Waals surface area contributed by atoms with E-state index in [2.05, 4.69) is 5.32 Å². The van der Waals surface area contributed by atoms with E-state index in [4.69, 9.17) is 26.8 Å². The molecule has 2 rings (SSSR count). The largest absolute Gasteiger partial charge is 0.492 e. The van der Waals surface area contributed by atoms with Crippen molar-refractivity contribution < 1.29 is 19.1 Å². The first-order chi connectivity index (χ1) is 11.6. The lowest BCUT2D eigenvalue weighted by atomic mass is 10.2. The highest BCUT2D eigenvalue weighted by Gasteiger charge is 2.11. The number of para-hydroxylation sites is 1. The second-order valence-electron chi connectivity index (χ2n) is 4.82. The fourth-order valence-electron chi connectivity index (χ4n) is 1.81. The molecular formula is C17H17ClN2O4. The summed E-state index contributed by atoms with van der Waals surface area (Å²) in [4.78, 5) is 23.4. The molecule has 0 atom stereocenters. The number of hydrogen-bond donors (Lipinski definition) is 2. The summed E-state index contributed by atoms with van der Waals surface area (Å²) in [6.45, 7) is 0.239. The molecule has 6 nitrogen and oxygen atoms in total. The van der Waals surface area contributed by atoms with E-state index in [1.807, 2.05) is 30.3 Å². The Morgan fingerprint density at radius 3 is 2.58 bits per heavy atom. The van der Waals surface area contributed by atoms with Crippen LogP contribution in [-0.4, -0.2) is 31.6 Å². The van der Waals surface area contributed by atoms with Gasteiger partial charge in [0.25, 0.3) is 5.91 Å². The van der Waals surface area contributed by atoms with Crippen molar-refractivity contribution in [2.24, 2.45) is 0 Å². The fourth-order valence-corrected chi connectivity index (χ4v) is 1.93. The normalized spacial score (nSPS) is 10.0. The molecule has 24 heavy (non-hydrogen) atoms. The van der Waals surface area contributed by atoms with E-state index < -0.39 is 11.9 Å². The van der Waals surface area contributed by atoms with Gasteiger partial charge in [-0.1, -0.05) is 29.8 Å². The van der Waals surface area contributed by atoms with Gasteiger partial charge in [0.05, 0.1) is 22.8 Å². The van der Waals surface area contributed by atoms with Gasteiger partial charge in [-0.15, -0.1) is 0 Å². The van der Waals surface area contributed by atoms with E-state index in [1.165, 1.54) is 18.2 Å². The number of benzene rings is 2. The number of nitrogens with two attached hydrogens (primary N) is 1. The Bertz CT molecular complexity index is 707. The highest BCUT2D eigenvalue weighted by molar-refractivity contribution is 6.33. The highest BCUT2D eigenvalue weighted by Crippen LogP contribution is 2.19. The molecule has 7 heteroatoms. The van der Waals surface area contributed by atoms with Crippen LogP contribution in [-0.2, 0) is 9.53 Å². The number of nitrogens with one attached hydrogen (secondary N) is 1. The average Bonchev–Trinajstić information content (AvgIpc) is 2.60. The number of nitrogen functional groups attached to an aromatic ring is 1. The van der Waals surface area contributed by atoms with Crippen molar-refractivity contribution in [3.8, 4) is 5.75 Å². The predicted octanol–water partition coefficient (Wildman–Crippen LogP) is 2.27. The molecule has 0 aliphatic heterocycles. The van der Waals surface area contributed by atoms with Crippen LogP contribution in [0.1, 0.15) is 10.4 Å². The monoisotopic (exact) mass is 348 g/mol. The van der Waals surface area contributed by atoms with Crippen molar-refractivity contribution in [2.45, 2.75) is 0 Å². The summed E-state index contributed by atoms with van der Waals surface area (Å²) < 4.78 is 10.3. The second-order valence-corrected chi connectivity index (χ2v) is 5.23. The molecule has 2 aromatic carbocycles. The summed E-state index contributed by atoms with van der Waals surface area (Å²) in [5, 5.41) is 2.94. The number of esters is 1. The Morgan fingerprint density at radius 1 is 1.12 bits per heavy atom. The van der Waals surface area contributed by atoms with Gasteiger partial charge >= 0.3 is 5.97 Å². The van der Waals surface area contributed by atoms with Crippen molar-refractivity contribution in [3.05, 3.63) is 59.1 Å². The van der Waals surface area contributed by atoms with Gasteiger partial charge in [0, 0.05) is 0 Å². The lowest BCUT2D eigenvalue weighted by Gasteiger charge is -2.08. The molecular weight excluding hydrogens is 332 g/mol. The van der Waals surface area contributed by atoms with Crippen LogP contribution in [0.3, 0.4) is 0 Å². The number of rotatable bonds is 7. The maximum Gasteiger partial charge on any atom is 0.338 e. The fraction of sp³-hybridized carbons (Fsp3) is 0.176. The minimum Gasteiger partial charge on any atom is -0.492 e. The van der Waals surface area contributed by atoms with E-state index in [0.29, 0.717) is 18.2 Å². The van der Waals surface area contributed by atoms with E-state index in [1.54, 1.807) is 0 Å². The highest BCUT2D eigenvalue weighted by atomic mass is 35.5. The molecule has 0 unspecified atom stereocenters. The number of halogens is 1. The van der Waals surface area contributed by atoms with Crippen LogP contribution < -0.4 is 15.8 Å². The Morgan fingerprint density at radius 2 is 1.88 bits per heavy atom. The molecule has 0 heterocycles. The zero-order chi connectivity index (χ0) is 17.4. The Balaban J connectivity index is 1.67. The van der Waals surface area contributed by atoms with Crippen LogP contribution in [0.5, 0.6) is 5.75 Å². The summed E-state index contributed by atoms with van der Waals surface area (Å²) in [7, 11) is 0. The summed E-state index contributed by atoms with van der Waals surface area (Å²) in [5.74, 6) is -0.338. The quantitative estimate of drug-likeness (QED) is 0.455. The molecule has 0 saturated heterocycles. The molecule has 0 aromatic heterocycles. The molecule has 126 valence electrons. The van der Waals surface area contributed by atoms with Gasteiger partial charge in [0.2, 0.25) is 0 Å². The standard InChI is InChI=1S/C17H17ClN2O4/c18-14-7-6-12(10-15(14)19)17(22)24-11-16(21)20-8-9-23-13-4-2-1-3-5-13/h1-7,10H,8-9,11,19H2,(H,20,21). The van der Waals surface area contributed by atoms with Crippen LogP contribution in [0.25, 0.3) is 0 Å². The van der Waals surface area contributed by atoms with Gasteiger partial charge in [0.15, 0.2) is 6.61 Å². The second kappa shape index (κ2) is 8.79. The van der Waals surface area contributed by atoms with E-state index >= 15 is 0 Å². The third-order valence-corrected chi connectivity index (χ3v) is 3.35. The summed E-state index contributed by atoms with van der Waals surface area (Å²) >= 11 is 5.77. The van der Waals surface area contributed by atoms with Crippen LogP contribution in [0.2, 0.25) is 5.02 Å². The number of carbonyl (C=O) groups is 2. The smallest absolute Gasteiger partial charge is 0.338 e. The Hall–Kier alpha value is -2.73. The van der Waals surface area contributed by atoms with Gasteiger partial charge < -0.3 is 20.5 Å². The molecule has 0 aliphatic rings. The van der Waals surface area contributed by atoms with Crippen molar-refractivity contribution in [1.82, 2.24) is 5.32 Å². The molecule has 2 aromatic rings. The van der Waals surface area contributed by atoms with Crippen molar-refractivity contribution in [3.63, 3.8) is 0 Å². The summed E-state index contributed by atoms with van der Waals surface area (Å²) in [6.07, 6.45) is 0. The molecule has 0 radical (unpaired) electrons. The number of ether oxygens (including phenoxy) is 2. The zero-order valence-corrected chi connectivity index (χ0v) is 13.6. The van der Waals surface area contributed by atoms with Crippen molar-refractivity contribution in [1.29, 1.82) is 0 Å². The van der Waals surface area contributed by atoms with Gasteiger partial charge in [0.1, 0.15) is 12.4 Å². The van der Waals surface area contributed by atoms with Gasteiger partial charge in [-0.2, -0.15) is 0 Å². The van der Waals surface area contributed by atoms with Crippen LogP contribution in [0.4, 0.5) is 5.69 Å². The Labute approximate surface area is 144 Å². The van der Waals surface area contributed by atoms with Crippen molar-refractivity contribution in [2.75, 3.05) is 25.5 Å². The lowest BCUT2D eigenvalue weighted by Crippen LogP contribution is -2.32. The van der Waals surface area contributed by atoms with Gasteiger partial charge in [-0.25, -0.2) is 4.79 Å². The number of amides is 1. The van der Waals surface area contributed by atoms with Crippen LogP contribution in [0, 0.1) is 0 Å². The van der Waals surface area contributed by atoms with E-state index in [0.717, 1.165) is 5.75 Å². The number of carbonyl (C=O) groups excluding carboxylic acids is 2. The topological polar surface area (TPSA) is 90.7 Å². The zero-order valence-electron chi connectivity index (χ0n) is 12.8. The van der Waals surface area contributed by atoms with Crippen LogP contribution in [0.15, 0.2) is 48.5 Å². The third-order valence-electron chi connectivity index (χ3n) is 3.00. The number of hydrogen-bond acceptors (Lipinski definition) is 5. The average molecular weight is 349 g/mol. The van der Waals surface area contributed by atoms with Gasteiger partial charge in [-0.05, 0) is 30.3 Å².